The van der Waals surface area contributed by atoms with Crippen molar-refractivity contribution in [3.05, 3.63) is 23.8 Å². The number of methoxy groups -OCH3 is 2. The van der Waals surface area contributed by atoms with E-state index >= 15 is 0 Å². The van der Waals surface area contributed by atoms with Crippen molar-refractivity contribution >= 4 is 18.3 Å². The molecule has 1 rings (SSSR count). The van der Waals surface area contributed by atoms with E-state index in [-0.39, 0.29) is 30.4 Å². The first-order valence-electron chi connectivity index (χ1n) is 6.24. The van der Waals surface area contributed by atoms with Gasteiger partial charge in [-0.05, 0) is 32.0 Å². The number of rotatable bonds is 6. The molecule has 5 nitrogen and oxygen atoms in total. The molecule has 0 spiro atoms. The van der Waals surface area contributed by atoms with Crippen LogP contribution in [0.5, 0.6) is 11.5 Å². The van der Waals surface area contributed by atoms with Gasteiger partial charge in [0.05, 0.1) is 20.3 Å². The summed E-state index contributed by atoms with van der Waals surface area (Å²) in [5, 5.41) is 2.90. The Morgan fingerprint density at radius 1 is 1.30 bits per heavy atom. The van der Waals surface area contributed by atoms with Crippen LogP contribution in [0.25, 0.3) is 0 Å². The predicted octanol–water partition coefficient (Wildman–Crippen LogP) is 2.04. The van der Waals surface area contributed by atoms with E-state index in [0.29, 0.717) is 6.42 Å². The molecule has 1 amide bonds. The van der Waals surface area contributed by atoms with E-state index in [9.17, 15) is 4.79 Å². The normalized spacial score (nSPS) is 12.8. The monoisotopic (exact) mass is 302 g/mol. The molecule has 0 aromatic heterocycles. The van der Waals surface area contributed by atoms with E-state index in [1.165, 1.54) is 0 Å². The van der Waals surface area contributed by atoms with E-state index < -0.39 is 0 Å². The number of amides is 1. The van der Waals surface area contributed by atoms with Crippen LogP contribution in [0.1, 0.15) is 31.9 Å². The zero-order valence-electron chi connectivity index (χ0n) is 12.3. The molecule has 2 unspecified atom stereocenters. The van der Waals surface area contributed by atoms with Crippen molar-refractivity contribution in [3.63, 3.8) is 0 Å². The van der Waals surface area contributed by atoms with Gasteiger partial charge < -0.3 is 20.5 Å². The van der Waals surface area contributed by atoms with Crippen molar-refractivity contribution in [2.24, 2.45) is 5.73 Å². The number of carbonyl (C=O) groups is 1. The number of hydrogen-bond donors (Lipinski definition) is 2. The fourth-order valence-electron chi connectivity index (χ4n) is 1.85. The zero-order valence-corrected chi connectivity index (χ0v) is 13.1. The minimum atomic E-state index is -0.170. The molecular formula is C14H23ClN2O3. The summed E-state index contributed by atoms with van der Waals surface area (Å²) in [5.74, 6) is 1.37. The number of nitrogens with one attached hydrogen (secondary N) is 1. The van der Waals surface area contributed by atoms with Crippen molar-refractivity contribution in [3.8, 4) is 11.5 Å². The van der Waals surface area contributed by atoms with Gasteiger partial charge in [0, 0.05) is 18.0 Å². The molecule has 20 heavy (non-hydrogen) atoms. The zero-order chi connectivity index (χ0) is 14.4. The average Bonchev–Trinajstić information content (AvgIpc) is 2.36. The number of benzene rings is 1. The van der Waals surface area contributed by atoms with E-state index in [1.807, 2.05) is 25.1 Å². The van der Waals surface area contributed by atoms with E-state index in [4.69, 9.17) is 15.2 Å². The smallest absolute Gasteiger partial charge is 0.222 e. The van der Waals surface area contributed by atoms with Crippen molar-refractivity contribution in [2.45, 2.75) is 32.4 Å². The topological polar surface area (TPSA) is 73.6 Å². The summed E-state index contributed by atoms with van der Waals surface area (Å²) in [6.07, 6.45) is 0.302. The summed E-state index contributed by atoms with van der Waals surface area (Å²) in [6, 6.07) is 5.17. The van der Waals surface area contributed by atoms with Crippen LogP contribution < -0.4 is 20.5 Å². The Labute approximate surface area is 126 Å². The Kier molecular flexibility index (Phi) is 8.03. The van der Waals surface area contributed by atoms with Gasteiger partial charge in [0.25, 0.3) is 0 Å². The Balaban J connectivity index is 0.00000361. The van der Waals surface area contributed by atoms with Gasteiger partial charge in [-0.1, -0.05) is 0 Å². The van der Waals surface area contributed by atoms with Crippen LogP contribution in [0.2, 0.25) is 0 Å². The van der Waals surface area contributed by atoms with Crippen molar-refractivity contribution in [1.29, 1.82) is 0 Å². The van der Waals surface area contributed by atoms with Crippen LogP contribution >= 0.6 is 12.4 Å². The summed E-state index contributed by atoms with van der Waals surface area (Å²) < 4.78 is 10.5. The first-order valence-corrected chi connectivity index (χ1v) is 6.24. The van der Waals surface area contributed by atoms with Crippen LogP contribution in [0, 0.1) is 0 Å². The summed E-state index contributed by atoms with van der Waals surface area (Å²) in [7, 11) is 3.20. The van der Waals surface area contributed by atoms with Gasteiger partial charge in [-0.15, -0.1) is 12.4 Å². The maximum atomic E-state index is 11.7. The van der Waals surface area contributed by atoms with Crippen molar-refractivity contribution < 1.29 is 14.3 Å². The van der Waals surface area contributed by atoms with Gasteiger partial charge >= 0.3 is 0 Å². The van der Waals surface area contributed by atoms with Gasteiger partial charge in [-0.25, -0.2) is 0 Å². The van der Waals surface area contributed by atoms with Crippen molar-refractivity contribution in [1.82, 2.24) is 5.32 Å². The maximum Gasteiger partial charge on any atom is 0.222 e. The molecule has 0 saturated carbocycles. The molecule has 114 valence electrons. The van der Waals surface area contributed by atoms with Gasteiger partial charge in [0.1, 0.15) is 11.5 Å². The molecule has 0 aliphatic carbocycles. The molecule has 6 heteroatoms. The Bertz CT molecular complexity index is 438. The number of nitrogens with two attached hydrogens (primary N) is 1. The first-order chi connectivity index (χ1) is 8.97. The highest BCUT2D eigenvalue weighted by Gasteiger charge is 2.15. The molecule has 0 radical (unpaired) electrons. The lowest BCUT2D eigenvalue weighted by Crippen LogP contribution is -2.31. The summed E-state index contributed by atoms with van der Waals surface area (Å²) in [4.78, 5) is 11.7. The fourth-order valence-corrected chi connectivity index (χ4v) is 1.85. The molecule has 0 fully saturated rings. The number of halogens is 1. The second kappa shape index (κ2) is 8.66. The summed E-state index contributed by atoms with van der Waals surface area (Å²) in [6.45, 7) is 3.70. The second-order valence-corrected chi connectivity index (χ2v) is 4.58. The highest BCUT2D eigenvalue weighted by atomic mass is 35.5. The van der Waals surface area contributed by atoms with Crippen LogP contribution in [0.4, 0.5) is 0 Å². The van der Waals surface area contributed by atoms with Gasteiger partial charge in [-0.2, -0.15) is 0 Å². The lowest BCUT2D eigenvalue weighted by atomic mass is 10.1. The second-order valence-electron chi connectivity index (χ2n) is 4.58. The lowest BCUT2D eigenvalue weighted by molar-refractivity contribution is -0.122. The van der Waals surface area contributed by atoms with Crippen LogP contribution in [-0.4, -0.2) is 26.2 Å². The summed E-state index contributed by atoms with van der Waals surface area (Å²) in [5.41, 5.74) is 6.48. The lowest BCUT2D eigenvalue weighted by Gasteiger charge is -2.18. The quantitative estimate of drug-likeness (QED) is 0.843. The van der Waals surface area contributed by atoms with Crippen LogP contribution in [0.15, 0.2) is 18.2 Å². The van der Waals surface area contributed by atoms with Crippen LogP contribution in [-0.2, 0) is 4.79 Å². The molecule has 0 heterocycles. The fraction of sp³-hybridized carbons (Fsp3) is 0.500. The molecule has 0 aliphatic rings. The standard InChI is InChI=1S/C14H22N2O3.ClH/c1-9(15)7-14(17)16-10(2)12-8-11(18-3)5-6-13(12)19-4;/h5-6,8-10H,7,15H2,1-4H3,(H,16,17);1H. The molecule has 1 aromatic rings. The molecule has 2 atom stereocenters. The average molecular weight is 303 g/mol. The predicted molar refractivity (Wildman–Crippen MR) is 81.6 cm³/mol. The van der Waals surface area contributed by atoms with Gasteiger partial charge in [0.2, 0.25) is 5.91 Å². The Morgan fingerprint density at radius 3 is 2.45 bits per heavy atom. The van der Waals surface area contributed by atoms with E-state index in [1.54, 1.807) is 21.1 Å². The number of hydrogen-bond acceptors (Lipinski definition) is 4. The number of ether oxygens (including phenoxy) is 2. The third-order valence-electron chi connectivity index (χ3n) is 2.79. The molecule has 0 saturated heterocycles. The van der Waals surface area contributed by atoms with E-state index in [0.717, 1.165) is 17.1 Å². The van der Waals surface area contributed by atoms with E-state index in [2.05, 4.69) is 5.32 Å². The largest absolute Gasteiger partial charge is 0.497 e. The minimum Gasteiger partial charge on any atom is -0.497 e. The first kappa shape index (κ1) is 18.5. The minimum absolute atomic E-state index is 0. The third kappa shape index (κ3) is 5.27. The maximum absolute atomic E-state index is 11.7. The molecule has 0 bridgehead atoms. The highest BCUT2D eigenvalue weighted by molar-refractivity contribution is 5.85. The molecular weight excluding hydrogens is 280 g/mol. The highest BCUT2D eigenvalue weighted by Crippen LogP contribution is 2.29. The Morgan fingerprint density at radius 2 is 1.95 bits per heavy atom. The summed E-state index contributed by atoms with van der Waals surface area (Å²) >= 11 is 0. The van der Waals surface area contributed by atoms with Gasteiger partial charge in [-0.3, -0.25) is 4.79 Å². The molecule has 0 aliphatic heterocycles. The van der Waals surface area contributed by atoms with Crippen LogP contribution in [0.3, 0.4) is 0 Å². The SMILES string of the molecule is COc1ccc(OC)c(C(C)NC(=O)CC(C)N)c1.Cl. The number of carbonyl (C=O) groups excluding carboxylic acids is 1. The third-order valence-corrected chi connectivity index (χ3v) is 2.79. The Hall–Kier alpha value is -1.46. The molecule has 1 aromatic carbocycles. The van der Waals surface area contributed by atoms with Crippen molar-refractivity contribution in [2.75, 3.05) is 14.2 Å². The molecule has 3 N–H and O–H groups in total. The van der Waals surface area contributed by atoms with Gasteiger partial charge in [0.15, 0.2) is 0 Å².